The molecular weight excluding hydrogens is 384 g/mol. The predicted molar refractivity (Wildman–Crippen MR) is 116 cm³/mol. The summed E-state index contributed by atoms with van der Waals surface area (Å²) in [6.07, 6.45) is 11.3. The zero-order valence-corrected chi connectivity index (χ0v) is 17.5. The Bertz CT molecular complexity index is 965. The Morgan fingerprint density at radius 1 is 1.21 bits per heavy atom. The fourth-order valence-corrected chi connectivity index (χ4v) is 4.42. The molecule has 7 heteroatoms. The molecule has 1 fully saturated rings. The van der Waals surface area contributed by atoms with Gasteiger partial charge in [-0.2, -0.15) is 0 Å². The molecule has 6 nitrogen and oxygen atoms in total. The molecule has 2 aromatic heterocycles. The van der Waals surface area contributed by atoms with Crippen LogP contribution in [0.5, 0.6) is 0 Å². The monoisotopic (exact) mass is 410 g/mol. The summed E-state index contributed by atoms with van der Waals surface area (Å²) in [5.74, 6) is 0.742. The first-order valence-electron chi connectivity index (χ1n) is 10.3. The van der Waals surface area contributed by atoms with E-state index in [2.05, 4.69) is 33.3 Å². The Morgan fingerprint density at radius 3 is 2.76 bits per heavy atom. The van der Waals surface area contributed by atoms with E-state index in [0.29, 0.717) is 24.3 Å². The number of amides is 1. The number of aromatic nitrogens is 3. The van der Waals surface area contributed by atoms with Crippen molar-refractivity contribution in [1.29, 1.82) is 0 Å². The molecule has 152 valence electrons. The third kappa shape index (κ3) is 5.16. The van der Waals surface area contributed by atoms with Crippen LogP contribution in [0.15, 0.2) is 30.6 Å². The molecule has 29 heavy (non-hydrogen) atoms. The van der Waals surface area contributed by atoms with Gasteiger partial charge in [-0.25, -0.2) is 15.0 Å². The highest BCUT2D eigenvalue weighted by Gasteiger charge is 2.16. The number of rotatable bonds is 8. The molecule has 1 N–H and O–H groups in total. The molecule has 2 heterocycles. The molecule has 1 amide bonds. The molecular formula is C22H26N4O2S. The van der Waals surface area contributed by atoms with Crippen molar-refractivity contribution in [3.05, 3.63) is 36.4 Å². The standard InChI is InChI=1S/C22H26N4O2S/c1-2-3-8-21(27)26-22-25-18-10-9-15(11-19(18)29-22)16-12-23-20(24-13-16)14-28-17-6-4-5-7-17/h9-13,17H,2-8,14H2,1H3,(H,25,26,27). The Balaban J connectivity index is 1.42. The first kappa shape index (κ1) is 19.9. The third-order valence-corrected chi connectivity index (χ3v) is 6.11. The lowest BCUT2D eigenvalue weighted by atomic mass is 10.1. The largest absolute Gasteiger partial charge is 0.370 e. The molecule has 1 aromatic carbocycles. The Hall–Kier alpha value is -2.38. The van der Waals surface area contributed by atoms with Gasteiger partial charge in [0.15, 0.2) is 11.0 Å². The van der Waals surface area contributed by atoms with E-state index in [0.717, 1.165) is 52.9 Å². The van der Waals surface area contributed by atoms with Crippen molar-refractivity contribution in [2.45, 2.75) is 64.6 Å². The van der Waals surface area contributed by atoms with Gasteiger partial charge in [0.25, 0.3) is 0 Å². The second kappa shape index (κ2) is 9.41. The molecule has 0 atom stereocenters. The van der Waals surface area contributed by atoms with Crippen molar-refractivity contribution in [3.8, 4) is 11.1 Å². The molecule has 0 radical (unpaired) electrons. The number of benzene rings is 1. The van der Waals surface area contributed by atoms with Gasteiger partial charge in [0.05, 0.1) is 16.3 Å². The van der Waals surface area contributed by atoms with E-state index in [1.807, 2.05) is 24.5 Å². The summed E-state index contributed by atoms with van der Waals surface area (Å²) in [5.41, 5.74) is 2.87. The van der Waals surface area contributed by atoms with Gasteiger partial charge in [0.2, 0.25) is 5.91 Å². The van der Waals surface area contributed by atoms with Crippen molar-refractivity contribution in [2.75, 3.05) is 5.32 Å². The van der Waals surface area contributed by atoms with Crippen LogP contribution in [-0.2, 0) is 16.1 Å². The Labute approximate surface area is 174 Å². The van der Waals surface area contributed by atoms with Crippen LogP contribution in [0.3, 0.4) is 0 Å². The number of nitrogens with zero attached hydrogens (tertiary/aromatic N) is 3. The Morgan fingerprint density at radius 2 is 2.00 bits per heavy atom. The van der Waals surface area contributed by atoms with Gasteiger partial charge in [-0.05, 0) is 37.0 Å². The van der Waals surface area contributed by atoms with E-state index in [-0.39, 0.29) is 5.91 Å². The molecule has 3 aromatic rings. The Kier molecular flexibility index (Phi) is 6.46. The maximum atomic E-state index is 11.9. The summed E-state index contributed by atoms with van der Waals surface area (Å²) in [4.78, 5) is 25.4. The lowest BCUT2D eigenvalue weighted by Gasteiger charge is -2.10. The number of hydrogen-bond donors (Lipinski definition) is 1. The van der Waals surface area contributed by atoms with Crippen molar-refractivity contribution >= 4 is 32.6 Å². The molecule has 4 rings (SSSR count). The predicted octanol–water partition coefficient (Wildman–Crippen LogP) is 5.34. The maximum Gasteiger partial charge on any atom is 0.226 e. The van der Waals surface area contributed by atoms with Gasteiger partial charge in [-0.15, -0.1) is 0 Å². The number of carbonyl (C=O) groups excluding carboxylic acids is 1. The molecule has 1 saturated carbocycles. The second-order valence-electron chi connectivity index (χ2n) is 7.46. The molecule has 1 aliphatic carbocycles. The summed E-state index contributed by atoms with van der Waals surface area (Å²) in [5, 5.41) is 3.55. The number of carbonyl (C=O) groups is 1. The number of nitrogens with one attached hydrogen (secondary N) is 1. The van der Waals surface area contributed by atoms with E-state index in [1.54, 1.807) is 0 Å². The quantitative estimate of drug-likeness (QED) is 0.542. The second-order valence-corrected chi connectivity index (χ2v) is 8.49. The number of thiazole rings is 1. The van der Waals surface area contributed by atoms with Crippen LogP contribution in [0.1, 0.15) is 57.7 Å². The summed E-state index contributed by atoms with van der Waals surface area (Å²) in [6, 6.07) is 6.06. The molecule has 0 aliphatic heterocycles. The molecule has 0 spiro atoms. The minimum absolute atomic E-state index is 0.0231. The van der Waals surface area contributed by atoms with Gasteiger partial charge >= 0.3 is 0 Å². The van der Waals surface area contributed by atoms with Crippen molar-refractivity contribution < 1.29 is 9.53 Å². The highest BCUT2D eigenvalue weighted by atomic mass is 32.1. The summed E-state index contributed by atoms with van der Waals surface area (Å²) < 4.78 is 6.91. The van der Waals surface area contributed by atoms with Crippen LogP contribution in [-0.4, -0.2) is 27.0 Å². The summed E-state index contributed by atoms with van der Waals surface area (Å²) >= 11 is 1.49. The zero-order chi connectivity index (χ0) is 20.1. The maximum absolute atomic E-state index is 11.9. The number of fused-ring (bicyclic) bond motifs is 1. The molecule has 1 aliphatic rings. The minimum atomic E-state index is 0.0231. The number of unbranched alkanes of at least 4 members (excludes halogenated alkanes) is 1. The van der Waals surface area contributed by atoms with E-state index in [1.165, 1.54) is 24.2 Å². The third-order valence-electron chi connectivity index (χ3n) is 5.18. The van der Waals surface area contributed by atoms with Gasteiger partial charge in [-0.1, -0.05) is 43.6 Å². The van der Waals surface area contributed by atoms with Crippen LogP contribution in [0.4, 0.5) is 5.13 Å². The first-order chi connectivity index (χ1) is 14.2. The van der Waals surface area contributed by atoms with Crippen LogP contribution in [0, 0.1) is 0 Å². The van der Waals surface area contributed by atoms with Crippen LogP contribution in [0.25, 0.3) is 21.3 Å². The molecule has 0 unspecified atom stereocenters. The normalized spacial score (nSPS) is 14.5. The van der Waals surface area contributed by atoms with Crippen molar-refractivity contribution in [2.24, 2.45) is 0 Å². The summed E-state index contributed by atoms with van der Waals surface area (Å²) in [6.45, 7) is 2.55. The molecule has 0 bridgehead atoms. The smallest absolute Gasteiger partial charge is 0.226 e. The van der Waals surface area contributed by atoms with E-state index >= 15 is 0 Å². The van der Waals surface area contributed by atoms with Crippen LogP contribution in [0.2, 0.25) is 0 Å². The zero-order valence-electron chi connectivity index (χ0n) is 16.7. The highest BCUT2D eigenvalue weighted by Crippen LogP contribution is 2.30. The van der Waals surface area contributed by atoms with E-state index in [4.69, 9.17) is 4.74 Å². The van der Waals surface area contributed by atoms with E-state index < -0.39 is 0 Å². The fraction of sp³-hybridized carbons (Fsp3) is 0.455. The lowest BCUT2D eigenvalue weighted by molar-refractivity contribution is -0.116. The van der Waals surface area contributed by atoms with Gasteiger partial charge in [0, 0.05) is 24.4 Å². The number of hydrogen-bond acceptors (Lipinski definition) is 6. The molecule has 0 saturated heterocycles. The van der Waals surface area contributed by atoms with Gasteiger partial charge in [-0.3, -0.25) is 4.79 Å². The minimum Gasteiger partial charge on any atom is -0.370 e. The average molecular weight is 411 g/mol. The first-order valence-corrected chi connectivity index (χ1v) is 11.2. The van der Waals surface area contributed by atoms with E-state index in [9.17, 15) is 4.79 Å². The number of anilines is 1. The average Bonchev–Trinajstić information content (AvgIpc) is 3.39. The number of ether oxygens (including phenoxy) is 1. The van der Waals surface area contributed by atoms with Gasteiger partial charge in [0.1, 0.15) is 6.61 Å². The lowest BCUT2D eigenvalue weighted by Crippen LogP contribution is -2.10. The van der Waals surface area contributed by atoms with Crippen molar-refractivity contribution in [1.82, 2.24) is 15.0 Å². The fourth-order valence-electron chi connectivity index (χ4n) is 3.50. The van der Waals surface area contributed by atoms with Crippen LogP contribution >= 0.6 is 11.3 Å². The highest BCUT2D eigenvalue weighted by molar-refractivity contribution is 7.22. The van der Waals surface area contributed by atoms with Crippen molar-refractivity contribution in [3.63, 3.8) is 0 Å². The SMILES string of the molecule is CCCCC(=O)Nc1nc2ccc(-c3cnc(COC4CCCC4)nc3)cc2s1. The topological polar surface area (TPSA) is 77.0 Å². The summed E-state index contributed by atoms with van der Waals surface area (Å²) in [7, 11) is 0. The van der Waals surface area contributed by atoms with Crippen LogP contribution < -0.4 is 5.32 Å². The van der Waals surface area contributed by atoms with Gasteiger partial charge < -0.3 is 10.1 Å².